The third-order valence-electron chi connectivity index (χ3n) is 3.83. The molecule has 3 nitrogen and oxygen atoms in total. The van der Waals surface area contributed by atoms with E-state index in [9.17, 15) is 0 Å². The lowest BCUT2D eigenvalue weighted by Gasteiger charge is -2.20. The predicted octanol–water partition coefficient (Wildman–Crippen LogP) is 2.30. The summed E-state index contributed by atoms with van der Waals surface area (Å²) in [5.74, 6) is 1.36. The highest BCUT2D eigenvalue weighted by Gasteiger charge is 2.34. The average molecular weight is 221 g/mol. The zero-order valence-corrected chi connectivity index (χ0v) is 10.6. The van der Waals surface area contributed by atoms with Crippen molar-refractivity contribution in [2.45, 2.75) is 45.1 Å². The van der Waals surface area contributed by atoms with Gasteiger partial charge in [-0.3, -0.25) is 4.68 Å². The number of aromatic nitrogens is 2. The number of nitrogens with one attached hydrogen (secondary N) is 1. The van der Waals surface area contributed by atoms with Crippen LogP contribution in [0.15, 0.2) is 12.3 Å². The molecular formula is C13H23N3. The van der Waals surface area contributed by atoms with E-state index in [1.165, 1.54) is 25.0 Å². The molecule has 0 bridgehead atoms. The van der Waals surface area contributed by atoms with Crippen molar-refractivity contribution in [3.05, 3.63) is 18.0 Å². The van der Waals surface area contributed by atoms with Crippen LogP contribution in [0.1, 0.15) is 44.7 Å². The van der Waals surface area contributed by atoms with E-state index < -0.39 is 0 Å². The summed E-state index contributed by atoms with van der Waals surface area (Å²) < 4.78 is 1.91. The second kappa shape index (κ2) is 5.00. The van der Waals surface area contributed by atoms with Gasteiger partial charge in [-0.05, 0) is 37.8 Å². The van der Waals surface area contributed by atoms with Crippen molar-refractivity contribution in [1.29, 1.82) is 0 Å². The fraction of sp³-hybridized carbons (Fsp3) is 0.769. The van der Waals surface area contributed by atoms with Crippen molar-refractivity contribution in [3.8, 4) is 0 Å². The molecule has 0 spiro atoms. The van der Waals surface area contributed by atoms with Crippen molar-refractivity contribution in [2.24, 2.45) is 13.0 Å². The van der Waals surface area contributed by atoms with Crippen molar-refractivity contribution >= 4 is 0 Å². The van der Waals surface area contributed by atoms with Gasteiger partial charge in [-0.15, -0.1) is 0 Å². The number of aryl methyl sites for hydroxylation is 1. The summed E-state index contributed by atoms with van der Waals surface area (Å²) in [5, 5.41) is 8.20. The maximum atomic E-state index is 4.55. The Labute approximate surface area is 98.2 Å². The normalized spacial score (nSPS) is 29.8. The first-order chi connectivity index (χ1) is 7.72. The van der Waals surface area contributed by atoms with Crippen LogP contribution in [0.25, 0.3) is 0 Å². The fourth-order valence-corrected chi connectivity index (χ4v) is 2.83. The van der Waals surface area contributed by atoms with Crippen LogP contribution in [0.3, 0.4) is 0 Å². The first-order valence-electron chi connectivity index (χ1n) is 6.45. The van der Waals surface area contributed by atoms with E-state index in [1.54, 1.807) is 0 Å². The molecule has 0 radical (unpaired) electrons. The van der Waals surface area contributed by atoms with Crippen LogP contribution in [0.4, 0.5) is 0 Å². The van der Waals surface area contributed by atoms with E-state index in [0.29, 0.717) is 17.9 Å². The van der Waals surface area contributed by atoms with Gasteiger partial charge in [0.1, 0.15) is 0 Å². The van der Waals surface area contributed by atoms with Gasteiger partial charge in [0.15, 0.2) is 0 Å². The quantitative estimate of drug-likeness (QED) is 0.845. The Hall–Kier alpha value is -0.830. The summed E-state index contributed by atoms with van der Waals surface area (Å²) in [6.45, 7) is 5.73. The van der Waals surface area contributed by atoms with Crippen LogP contribution in [0, 0.1) is 5.92 Å². The van der Waals surface area contributed by atoms with Crippen molar-refractivity contribution in [2.75, 3.05) is 6.54 Å². The van der Waals surface area contributed by atoms with Crippen LogP contribution < -0.4 is 5.32 Å². The molecule has 1 aromatic rings. The highest BCUT2D eigenvalue weighted by Crippen LogP contribution is 2.38. The topological polar surface area (TPSA) is 29.9 Å². The molecule has 2 rings (SSSR count). The minimum Gasteiger partial charge on any atom is -0.314 e. The molecule has 3 heteroatoms. The van der Waals surface area contributed by atoms with E-state index in [1.807, 2.05) is 11.7 Å². The summed E-state index contributed by atoms with van der Waals surface area (Å²) in [7, 11) is 2.00. The van der Waals surface area contributed by atoms with E-state index in [-0.39, 0.29) is 0 Å². The van der Waals surface area contributed by atoms with Gasteiger partial charge in [0, 0.05) is 25.2 Å². The molecular weight excluding hydrogens is 198 g/mol. The SMILES string of the molecule is CCCNC1CCC(c2ccn(C)n2)C1C. The summed E-state index contributed by atoms with van der Waals surface area (Å²) in [4.78, 5) is 0. The molecule has 1 aliphatic carbocycles. The van der Waals surface area contributed by atoms with Crippen molar-refractivity contribution in [3.63, 3.8) is 0 Å². The van der Waals surface area contributed by atoms with Crippen LogP contribution in [-0.2, 0) is 7.05 Å². The van der Waals surface area contributed by atoms with Gasteiger partial charge < -0.3 is 5.32 Å². The van der Waals surface area contributed by atoms with E-state index in [0.717, 1.165) is 6.54 Å². The van der Waals surface area contributed by atoms with Crippen LogP contribution in [0.2, 0.25) is 0 Å². The average Bonchev–Trinajstić information content (AvgIpc) is 2.83. The smallest absolute Gasteiger partial charge is 0.0658 e. The van der Waals surface area contributed by atoms with Crippen LogP contribution in [-0.4, -0.2) is 22.4 Å². The molecule has 1 N–H and O–H groups in total. The van der Waals surface area contributed by atoms with Gasteiger partial charge in [0.05, 0.1) is 5.69 Å². The highest BCUT2D eigenvalue weighted by molar-refractivity contribution is 5.12. The summed E-state index contributed by atoms with van der Waals surface area (Å²) in [5.41, 5.74) is 1.27. The fourth-order valence-electron chi connectivity index (χ4n) is 2.83. The van der Waals surface area contributed by atoms with Crippen molar-refractivity contribution < 1.29 is 0 Å². The first kappa shape index (κ1) is 11.6. The summed E-state index contributed by atoms with van der Waals surface area (Å²) >= 11 is 0. The standard InChI is InChI=1S/C13H23N3/c1-4-8-14-12-6-5-11(10(12)2)13-7-9-16(3)15-13/h7,9-12,14H,4-6,8H2,1-3H3. The molecule has 3 unspecified atom stereocenters. The summed E-state index contributed by atoms with van der Waals surface area (Å²) in [6, 6.07) is 2.86. The number of rotatable bonds is 4. The van der Waals surface area contributed by atoms with E-state index in [4.69, 9.17) is 0 Å². The van der Waals surface area contributed by atoms with Gasteiger partial charge in [-0.2, -0.15) is 5.10 Å². The Kier molecular flexibility index (Phi) is 3.64. The molecule has 0 amide bonds. The number of nitrogens with zero attached hydrogens (tertiary/aromatic N) is 2. The molecule has 0 aliphatic heterocycles. The Morgan fingerprint density at radius 1 is 1.50 bits per heavy atom. The minimum absolute atomic E-state index is 0.649. The molecule has 90 valence electrons. The zero-order chi connectivity index (χ0) is 11.5. The Morgan fingerprint density at radius 3 is 2.94 bits per heavy atom. The molecule has 0 saturated heterocycles. The molecule has 0 aromatic carbocycles. The van der Waals surface area contributed by atoms with E-state index in [2.05, 4.69) is 36.5 Å². The first-order valence-corrected chi connectivity index (χ1v) is 6.45. The maximum absolute atomic E-state index is 4.55. The number of hydrogen-bond acceptors (Lipinski definition) is 2. The van der Waals surface area contributed by atoms with Gasteiger partial charge >= 0.3 is 0 Å². The third kappa shape index (κ3) is 2.29. The highest BCUT2D eigenvalue weighted by atomic mass is 15.2. The van der Waals surface area contributed by atoms with Crippen molar-refractivity contribution in [1.82, 2.24) is 15.1 Å². The van der Waals surface area contributed by atoms with Gasteiger partial charge in [0.25, 0.3) is 0 Å². The molecule has 16 heavy (non-hydrogen) atoms. The molecule has 1 aromatic heterocycles. The van der Waals surface area contributed by atoms with Crippen LogP contribution in [0.5, 0.6) is 0 Å². The Bertz CT molecular complexity index is 332. The zero-order valence-electron chi connectivity index (χ0n) is 10.6. The summed E-state index contributed by atoms with van der Waals surface area (Å²) in [6.07, 6.45) is 5.84. The monoisotopic (exact) mass is 221 g/mol. The second-order valence-electron chi connectivity index (χ2n) is 5.02. The molecule has 1 aliphatic rings. The van der Waals surface area contributed by atoms with Gasteiger partial charge in [0.2, 0.25) is 0 Å². The van der Waals surface area contributed by atoms with Crippen LogP contribution >= 0.6 is 0 Å². The largest absolute Gasteiger partial charge is 0.314 e. The van der Waals surface area contributed by atoms with Gasteiger partial charge in [-0.25, -0.2) is 0 Å². The Balaban J connectivity index is 1.98. The lowest BCUT2D eigenvalue weighted by Crippen LogP contribution is -2.32. The molecule has 3 atom stereocenters. The molecule has 1 heterocycles. The third-order valence-corrected chi connectivity index (χ3v) is 3.83. The predicted molar refractivity (Wildman–Crippen MR) is 66.4 cm³/mol. The van der Waals surface area contributed by atoms with E-state index >= 15 is 0 Å². The number of hydrogen-bond donors (Lipinski definition) is 1. The second-order valence-corrected chi connectivity index (χ2v) is 5.02. The Morgan fingerprint density at radius 2 is 2.31 bits per heavy atom. The molecule has 1 saturated carbocycles. The molecule has 1 fully saturated rings. The van der Waals surface area contributed by atoms with Gasteiger partial charge in [-0.1, -0.05) is 13.8 Å². The lowest BCUT2D eigenvalue weighted by molar-refractivity contribution is 0.400. The minimum atomic E-state index is 0.649. The lowest BCUT2D eigenvalue weighted by atomic mass is 9.93. The maximum Gasteiger partial charge on any atom is 0.0658 e.